The number of hydrogen-bond donors (Lipinski definition) is 1. The third-order valence-electron chi connectivity index (χ3n) is 3.38. The van der Waals surface area contributed by atoms with E-state index < -0.39 is 0 Å². The number of halogens is 2. The highest BCUT2D eigenvalue weighted by Crippen LogP contribution is 2.15. The van der Waals surface area contributed by atoms with E-state index in [1.54, 1.807) is 11.3 Å². The predicted octanol–water partition coefficient (Wildman–Crippen LogP) is 3.42. The van der Waals surface area contributed by atoms with Gasteiger partial charge in [-0.2, -0.15) is 0 Å². The van der Waals surface area contributed by atoms with Crippen LogP contribution in [0.5, 0.6) is 0 Å². The monoisotopic (exact) mass is 511 g/mol. The molecule has 5 nitrogen and oxygen atoms in total. The molecule has 0 aliphatic heterocycles. The van der Waals surface area contributed by atoms with Crippen LogP contribution >= 0.6 is 51.2 Å². The lowest BCUT2D eigenvalue weighted by molar-refractivity contribution is 0.462. The lowest BCUT2D eigenvalue weighted by atomic mass is 10.3. The molecule has 2 rings (SSSR count). The van der Waals surface area contributed by atoms with Crippen molar-refractivity contribution in [2.24, 2.45) is 12.0 Å². The quantitative estimate of drug-likeness (QED) is 0.380. The lowest BCUT2D eigenvalue weighted by Crippen LogP contribution is -2.39. The van der Waals surface area contributed by atoms with Crippen molar-refractivity contribution in [2.75, 3.05) is 20.6 Å². The summed E-state index contributed by atoms with van der Waals surface area (Å²) in [6.07, 6.45) is 2.97. The second-order valence-corrected chi connectivity index (χ2v) is 7.18. The van der Waals surface area contributed by atoms with Crippen LogP contribution in [0.2, 0.25) is 0 Å². The second-order valence-electron chi connectivity index (χ2n) is 5.20. The minimum absolute atomic E-state index is 0. The Morgan fingerprint density at radius 2 is 2.26 bits per heavy atom. The average Bonchev–Trinajstić information content (AvgIpc) is 3.01. The summed E-state index contributed by atoms with van der Waals surface area (Å²) in [7, 11) is 5.91. The molecule has 0 spiro atoms. The number of thiazole rings is 1. The van der Waals surface area contributed by atoms with E-state index in [1.165, 1.54) is 5.69 Å². The molecule has 23 heavy (non-hydrogen) atoms. The van der Waals surface area contributed by atoms with Crippen molar-refractivity contribution < 1.29 is 0 Å². The van der Waals surface area contributed by atoms with Crippen LogP contribution in [0.1, 0.15) is 16.4 Å². The Morgan fingerprint density at radius 1 is 1.52 bits per heavy atom. The summed E-state index contributed by atoms with van der Waals surface area (Å²) in [6.45, 7) is 3.67. The van der Waals surface area contributed by atoms with Crippen LogP contribution in [0.25, 0.3) is 0 Å². The minimum atomic E-state index is 0. The van der Waals surface area contributed by atoms with Gasteiger partial charge in [-0.05, 0) is 28.9 Å². The summed E-state index contributed by atoms with van der Waals surface area (Å²) in [5.74, 6) is 0.893. The average molecular weight is 512 g/mol. The van der Waals surface area contributed by atoms with Gasteiger partial charge in [0.25, 0.3) is 0 Å². The molecule has 0 saturated heterocycles. The lowest BCUT2D eigenvalue weighted by Gasteiger charge is -2.22. The normalized spacial score (nSPS) is 11.3. The highest BCUT2D eigenvalue weighted by atomic mass is 127. The molecule has 0 amide bonds. The molecular weight excluding hydrogens is 489 g/mol. The predicted molar refractivity (Wildman–Crippen MR) is 112 cm³/mol. The van der Waals surface area contributed by atoms with Crippen LogP contribution in [0.15, 0.2) is 27.1 Å². The number of aliphatic imine (C=N–C) groups is 1. The molecule has 0 aliphatic carbocycles. The molecular formula is C15H23BrIN5S. The van der Waals surface area contributed by atoms with Crippen LogP contribution < -0.4 is 5.32 Å². The topological polar surface area (TPSA) is 45.5 Å². The van der Waals surface area contributed by atoms with E-state index in [4.69, 9.17) is 0 Å². The van der Waals surface area contributed by atoms with Gasteiger partial charge in [0.15, 0.2) is 5.96 Å². The molecule has 0 saturated carbocycles. The number of nitrogens with one attached hydrogen (secondary N) is 1. The number of aromatic nitrogens is 2. The molecule has 0 unspecified atom stereocenters. The molecule has 2 aromatic rings. The van der Waals surface area contributed by atoms with Crippen molar-refractivity contribution in [3.05, 3.63) is 38.5 Å². The number of nitrogens with zero attached hydrogens (tertiary/aromatic N) is 4. The zero-order chi connectivity index (χ0) is 16.1. The minimum Gasteiger partial charge on any atom is -0.356 e. The smallest absolute Gasteiger partial charge is 0.193 e. The summed E-state index contributed by atoms with van der Waals surface area (Å²) in [5, 5.41) is 6.63. The van der Waals surface area contributed by atoms with E-state index >= 15 is 0 Å². The van der Waals surface area contributed by atoms with Gasteiger partial charge < -0.3 is 14.8 Å². The standard InChI is InChI=1S/C15H22BrN5S.HI/c1-11-19-13(10-22-11)5-6-18-15(17-2)21(4)9-14-7-12(16)8-20(14)3;/h7-8,10H,5-6,9H2,1-4H3,(H,17,18);1H. The fourth-order valence-corrected chi connectivity index (χ4v) is 3.47. The number of aryl methyl sites for hydroxylation is 2. The van der Waals surface area contributed by atoms with Crippen LogP contribution in [0, 0.1) is 6.92 Å². The van der Waals surface area contributed by atoms with Gasteiger partial charge in [0, 0.05) is 55.9 Å². The number of guanidine groups is 1. The molecule has 2 heterocycles. The van der Waals surface area contributed by atoms with Gasteiger partial charge in [-0.1, -0.05) is 0 Å². The summed E-state index contributed by atoms with van der Waals surface area (Å²) in [6, 6.07) is 2.13. The van der Waals surface area contributed by atoms with Crippen molar-refractivity contribution in [2.45, 2.75) is 19.9 Å². The van der Waals surface area contributed by atoms with Gasteiger partial charge in [0.1, 0.15) is 0 Å². The van der Waals surface area contributed by atoms with E-state index in [0.717, 1.165) is 40.6 Å². The van der Waals surface area contributed by atoms with E-state index in [2.05, 4.69) is 65.4 Å². The third kappa shape index (κ3) is 6.07. The maximum Gasteiger partial charge on any atom is 0.193 e. The first-order valence-electron chi connectivity index (χ1n) is 7.13. The zero-order valence-electron chi connectivity index (χ0n) is 13.8. The second kappa shape index (κ2) is 9.63. The van der Waals surface area contributed by atoms with E-state index in [-0.39, 0.29) is 24.0 Å². The Morgan fingerprint density at radius 3 is 2.78 bits per heavy atom. The van der Waals surface area contributed by atoms with E-state index in [0.29, 0.717) is 0 Å². The van der Waals surface area contributed by atoms with Gasteiger partial charge in [-0.25, -0.2) is 4.98 Å². The Balaban J connectivity index is 0.00000264. The van der Waals surface area contributed by atoms with Crippen LogP contribution in [-0.2, 0) is 20.0 Å². The molecule has 0 aromatic carbocycles. The molecule has 0 radical (unpaired) electrons. The Labute approximate surface area is 167 Å². The molecule has 0 fully saturated rings. The Hall–Kier alpha value is -0.610. The highest BCUT2D eigenvalue weighted by molar-refractivity contribution is 14.0. The van der Waals surface area contributed by atoms with Crippen molar-refractivity contribution in [1.29, 1.82) is 0 Å². The molecule has 0 aliphatic rings. The molecule has 128 valence electrons. The van der Waals surface area contributed by atoms with Gasteiger partial charge in [0.05, 0.1) is 17.2 Å². The van der Waals surface area contributed by atoms with Crippen LogP contribution in [-0.4, -0.2) is 41.1 Å². The van der Waals surface area contributed by atoms with Crippen LogP contribution in [0.3, 0.4) is 0 Å². The van der Waals surface area contributed by atoms with Crippen molar-refractivity contribution in [3.63, 3.8) is 0 Å². The Bertz CT molecular complexity index is 652. The first kappa shape index (κ1) is 20.4. The Kier molecular flexibility index (Phi) is 8.56. The first-order valence-corrected chi connectivity index (χ1v) is 8.80. The fourth-order valence-electron chi connectivity index (χ4n) is 2.25. The summed E-state index contributed by atoms with van der Waals surface area (Å²) in [5.41, 5.74) is 2.37. The van der Waals surface area contributed by atoms with Gasteiger partial charge >= 0.3 is 0 Å². The van der Waals surface area contributed by atoms with Crippen LogP contribution in [0.4, 0.5) is 0 Å². The number of rotatable bonds is 5. The van der Waals surface area contributed by atoms with E-state index in [1.807, 2.05) is 21.0 Å². The highest BCUT2D eigenvalue weighted by Gasteiger charge is 2.09. The van der Waals surface area contributed by atoms with Crippen molar-refractivity contribution in [1.82, 2.24) is 19.8 Å². The maximum atomic E-state index is 4.48. The molecule has 0 bridgehead atoms. The summed E-state index contributed by atoms with van der Waals surface area (Å²) < 4.78 is 3.21. The zero-order valence-corrected chi connectivity index (χ0v) is 18.6. The maximum absolute atomic E-state index is 4.48. The van der Waals surface area contributed by atoms with Gasteiger partial charge in [-0.15, -0.1) is 35.3 Å². The first-order chi connectivity index (χ1) is 10.5. The number of hydrogen-bond acceptors (Lipinski definition) is 3. The van der Waals surface area contributed by atoms with Crippen molar-refractivity contribution in [3.8, 4) is 0 Å². The fraction of sp³-hybridized carbons (Fsp3) is 0.467. The molecule has 8 heteroatoms. The molecule has 0 atom stereocenters. The largest absolute Gasteiger partial charge is 0.356 e. The molecule has 1 N–H and O–H groups in total. The van der Waals surface area contributed by atoms with Crippen molar-refractivity contribution >= 4 is 57.2 Å². The third-order valence-corrected chi connectivity index (χ3v) is 4.63. The summed E-state index contributed by atoms with van der Waals surface area (Å²) >= 11 is 5.20. The van der Waals surface area contributed by atoms with E-state index in [9.17, 15) is 0 Å². The molecule has 2 aromatic heterocycles. The van der Waals surface area contributed by atoms with Gasteiger partial charge in [-0.3, -0.25) is 4.99 Å². The SMILES string of the molecule is CN=C(NCCc1csc(C)n1)N(C)Cc1cc(Br)cn1C.I. The van der Waals surface area contributed by atoms with Gasteiger partial charge in [0.2, 0.25) is 0 Å². The summed E-state index contributed by atoms with van der Waals surface area (Å²) in [4.78, 5) is 10.9.